The summed E-state index contributed by atoms with van der Waals surface area (Å²) in [6, 6.07) is 6.37. The van der Waals surface area contributed by atoms with Crippen molar-refractivity contribution in [3.8, 4) is 6.07 Å². The Balaban J connectivity index is 1.69. The predicted molar refractivity (Wildman–Crippen MR) is 81.1 cm³/mol. The van der Waals surface area contributed by atoms with Gasteiger partial charge in [-0.05, 0) is 63.0 Å². The zero-order valence-corrected chi connectivity index (χ0v) is 13.0. The molecule has 0 saturated heterocycles. The first-order valence-electron chi connectivity index (χ1n) is 7.29. The highest BCUT2D eigenvalue weighted by Crippen LogP contribution is 2.26. The van der Waals surface area contributed by atoms with Gasteiger partial charge in [-0.25, -0.2) is 8.78 Å². The number of hydrogen-bond acceptors (Lipinski definition) is 3. The molecular formula is C16H20F2N2S. The Morgan fingerprint density at radius 1 is 1.38 bits per heavy atom. The fraction of sp³-hybridized carbons (Fsp3) is 0.562. The van der Waals surface area contributed by atoms with Gasteiger partial charge in [0, 0.05) is 10.9 Å². The van der Waals surface area contributed by atoms with Gasteiger partial charge in [0.2, 0.25) is 0 Å². The lowest BCUT2D eigenvalue weighted by atomic mass is 9.96. The van der Waals surface area contributed by atoms with Gasteiger partial charge in [-0.1, -0.05) is 0 Å². The summed E-state index contributed by atoms with van der Waals surface area (Å²) in [6.45, 7) is 1.94. The van der Waals surface area contributed by atoms with Gasteiger partial charge in [-0.15, -0.1) is 11.8 Å². The van der Waals surface area contributed by atoms with E-state index in [1.807, 2.05) is 6.92 Å². The molecular weight excluding hydrogens is 290 g/mol. The van der Waals surface area contributed by atoms with Crippen LogP contribution in [0.4, 0.5) is 8.78 Å². The first-order valence-corrected chi connectivity index (χ1v) is 8.28. The maximum atomic E-state index is 13.4. The Bertz CT molecular complexity index is 525. The number of nitrogens with one attached hydrogen (secondary N) is 1. The largest absolute Gasteiger partial charge is 0.297 e. The van der Waals surface area contributed by atoms with Crippen molar-refractivity contribution in [1.82, 2.24) is 5.32 Å². The summed E-state index contributed by atoms with van der Waals surface area (Å²) < 4.78 is 26.5. The van der Waals surface area contributed by atoms with Crippen LogP contribution in [0, 0.1) is 23.0 Å². The Morgan fingerprint density at radius 3 is 2.81 bits per heavy atom. The van der Waals surface area contributed by atoms with E-state index in [4.69, 9.17) is 0 Å². The van der Waals surface area contributed by atoms with Gasteiger partial charge in [0.1, 0.15) is 17.2 Å². The van der Waals surface area contributed by atoms with Crippen LogP contribution < -0.4 is 5.32 Å². The zero-order valence-electron chi connectivity index (χ0n) is 12.2. The zero-order chi connectivity index (χ0) is 15.3. The van der Waals surface area contributed by atoms with Gasteiger partial charge in [0.05, 0.1) is 6.07 Å². The molecule has 0 amide bonds. The van der Waals surface area contributed by atoms with Gasteiger partial charge < -0.3 is 0 Å². The molecule has 1 aliphatic rings. The van der Waals surface area contributed by atoms with E-state index in [-0.39, 0.29) is 5.82 Å². The number of hydrogen-bond donors (Lipinski definition) is 1. The van der Waals surface area contributed by atoms with Gasteiger partial charge in [0.25, 0.3) is 0 Å². The van der Waals surface area contributed by atoms with Crippen LogP contribution in [-0.4, -0.2) is 17.3 Å². The average Bonchev–Trinajstić information content (AvgIpc) is 3.26. The Hall–Kier alpha value is -1.12. The third kappa shape index (κ3) is 5.29. The van der Waals surface area contributed by atoms with E-state index in [1.165, 1.54) is 17.8 Å². The number of nitriles is 1. The second-order valence-corrected chi connectivity index (χ2v) is 6.88. The Kier molecular flexibility index (Phi) is 5.60. The molecule has 114 valence electrons. The first-order chi connectivity index (χ1) is 10.0. The minimum absolute atomic E-state index is 0.356. The molecule has 0 radical (unpaired) electrons. The summed E-state index contributed by atoms with van der Waals surface area (Å²) in [6.07, 6.45) is 4.88. The molecule has 5 heteroatoms. The molecule has 0 heterocycles. The summed E-state index contributed by atoms with van der Waals surface area (Å²) in [7, 11) is 0. The van der Waals surface area contributed by atoms with E-state index in [9.17, 15) is 14.0 Å². The molecule has 2 nitrogen and oxygen atoms in total. The van der Waals surface area contributed by atoms with Crippen molar-refractivity contribution < 1.29 is 8.78 Å². The van der Waals surface area contributed by atoms with Crippen LogP contribution in [0.2, 0.25) is 0 Å². The average molecular weight is 310 g/mol. The summed E-state index contributed by atoms with van der Waals surface area (Å²) in [5.41, 5.74) is -0.462. The fourth-order valence-electron chi connectivity index (χ4n) is 2.19. The SMILES string of the molecule is CC(C#N)(CCCCSc1cc(F)ccc1F)NC1CC1. The monoisotopic (exact) mass is 310 g/mol. The molecule has 1 aromatic rings. The number of halogens is 2. The van der Waals surface area contributed by atoms with Crippen LogP contribution in [0.1, 0.15) is 39.0 Å². The Labute approximate surface area is 128 Å². The number of benzene rings is 1. The second kappa shape index (κ2) is 7.24. The lowest BCUT2D eigenvalue weighted by Gasteiger charge is -2.23. The summed E-state index contributed by atoms with van der Waals surface area (Å²) in [4.78, 5) is 0.356. The second-order valence-electron chi connectivity index (χ2n) is 5.74. The molecule has 0 bridgehead atoms. The molecule has 2 rings (SSSR count). The fourth-order valence-corrected chi connectivity index (χ4v) is 3.16. The van der Waals surface area contributed by atoms with Crippen LogP contribution in [0.5, 0.6) is 0 Å². The van der Waals surface area contributed by atoms with Crippen LogP contribution in [-0.2, 0) is 0 Å². The normalized spacial score (nSPS) is 17.2. The van der Waals surface area contributed by atoms with Crippen molar-refractivity contribution in [2.75, 3.05) is 5.75 Å². The van der Waals surface area contributed by atoms with Gasteiger partial charge in [0.15, 0.2) is 0 Å². The molecule has 1 N–H and O–H groups in total. The van der Waals surface area contributed by atoms with Gasteiger partial charge >= 0.3 is 0 Å². The minimum atomic E-state index is -0.462. The van der Waals surface area contributed by atoms with Crippen molar-refractivity contribution in [3.63, 3.8) is 0 Å². The summed E-state index contributed by atoms with van der Waals surface area (Å²) in [5, 5.41) is 12.6. The van der Waals surface area contributed by atoms with Gasteiger partial charge in [-0.2, -0.15) is 5.26 Å². The molecule has 0 aromatic heterocycles. The highest BCUT2D eigenvalue weighted by molar-refractivity contribution is 7.99. The third-order valence-electron chi connectivity index (χ3n) is 3.57. The quantitative estimate of drug-likeness (QED) is 0.575. The summed E-state index contributed by atoms with van der Waals surface area (Å²) >= 11 is 1.33. The minimum Gasteiger partial charge on any atom is -0.297 e. The maximum absolute atomic E-state index is 13.4. The van der Waals surface area contributed by atoms with E-state index in [0.29, 0.717) is 10.9 Å². The first kappa shape index (κ1) is 16.3. The van der Waals surface area contributed by atoms with E-state index in [2.05, 4.69) is 11.4 Å². The molecule has 21 heavy (non-hydrogen) atoms. The van der Waals surface area contributed by atoms with Crippen LogP contribution >= 0.6 is 11.8 Å². The number of unbranched alkanes of at least 4 members (excludes halogenated alkanes) is 1. The molecule has 0 aliphatic heterocycles. The lowest BCUT2D eigenvalue weighted by Crippen LogP contribution is -2.42. The van der Waals surface area contributed by atoms with Crippen molar-refractivity contribution in [2.45, 2.75) is 55.5 Å². The van der Waals surface area contributed by atoms with E-state index in [1.54, 1.807) is 0 Å². The van der Waals surface area contributed by atoms with Crippen molar-refractivity contribution in [1.29, 1.82) is 5.26 Å². The molecule has 1 aromatic carbocycles. The molecule has 0 spiro atoms. The van der Waals surface area contributed by atoms with Gasteiger partial charge in [-0.3, -0.25) is 5.32 Å². The number of nitrogens with zero attached hydrogens (tertiary/aromatic N) is 1. The van der Waals surface area contributed by atoms with Crippen molar-refractivity contribution >= 4 is 11.8 Å². The molecule has 1 aliphatic carbocycles. The van der Waals surface area contributed by atoms with E-state index >= 15 is 0 Å². The van der Waals surface area contributed by atoms with Crippen LogP contribution in [0.25, 0.3) is 0 Å². The standard InChI is InChI=1S/C16H20F2N2S/c1-16(11-19,20-13-5-6-13)8-2-3-9-21-15-10-12(17)4-7-14(15)18/h4,7,10,13,20H,2-3,5-6,8-9H2,1H3. The molecule has 1 fully saturated rings. The molecule has 1 unspecified atom stereocenters. The van der Waals surface area contributed by atoms with Crippen molar-refractivity contribution in [3.05, 3.63) is 29.8 Å². The Morgan fingerprint density at radius 2 is 2.14 bits per heavy atom. The topological polar surface area (TPSA) is 35.8 Å². The molecule has 1 saturated carbocycles. The number of thioether (sulfide) groups is 1. The van der Waals surface area contributed by atoms with E-state index < -0.39 is 11.4 Å². The van der Waals surface area contributed by atoms with Crippen molar-refractivity contribution in [2.24, 2.45) is 0 Å². The maximum Gasteiger partial charge on any atom is 0.136 e. The predicted octanol–water partition coefficient (Wildman–Crippen LogP) is 4.26. The number of rotatable bonds is 8. The molecule has 1 atom stereocenters. The van der Waals surface area contributed by atoms with Crippen LogP contribution in [0.15, 0.2) is 23.1 Å². The third-order valence-corrected chi connectivity index (χ3v) is 4.69. The lowest BCUT2D eigenvalue weighted by molar-refractivity contribution is 0.402. The smallest absolute Gasteiger partial charge is 0.136 e. The highest BCUT2D eigenvalue weighted by atomic mass is 32.2. The van der Waals surface area contributed by atoms with E-state index in [0.717, 1.165) is 50.0 Å². The summed E-state index contributed by atoms with van der Waals surface area (Å²) in [5.74, 6) is -0.0612. The highest BCUT2D eigenvalue weighted by Gasteiger charge is 2.31. The van der Waals surface area contributed by atoms with Crippen LogP contribution in [0.3, 0.4) is 0 Å².